The van der Waals surface area contributed by atoms with E-state index >= 15 is 0 Å². The smallest absolute Gasteiger partial charge is 0.145 e. The van der Waals surface area contributed by atoms with Crippen LogP contribution < -0.4 is 0 Å². The minimum atomic E-state index is -0.500. The number of nitrogens with zero attached hydrogens (tertiary/aromatic N) is 2. The Labute approximate surface area is 117 Å². The molecule has 0 aliphatic rings. The number of aromatic nitrogens is 1. The first kappa shape index (κ1) is 14.2. The lowest BCUT2D eigenvalue weighted by atomic mass is 9.80. The molecular weight excluding hydrogens is 255 g/mol. The fourth-order valence-corrected chi connectivity index (χ4v) is 2.38. The molecule has 1 aromatic carbocycles. The number of benzene rings is 1. The Hall–Kier alpha value is -2.25. The van der Waals surface area contributed by atoms with Crippen LogP contribution in [-0.2, 0) is 0 Å². The van der Waals surface area contributed by atoms with Crippen molar-refractivity contribution >= 4 is 0 Å². The fraction of sp³-hybridized carbons (Fsp3) is 0.250. The number of aliphatic hydroxyl groups is 1. The Morgan fingerprint density at radius 1 is 1.25 bits per heavy atom. The van der Waals surface area contributed by atoms with Crippen molar-refractivity contribution in [2.24, 2.45) is 0 Å². The van der Waals surface area contributed by atoms with Gasteiger partial charge in [-0.3, -0.25) is 4.98 Å². The first-order valence-electron chi connectivity index (χ1n) is 6.42. The minimum Gasteiger partial charge on any atom is -0.396 e. The standard InChI is InChI=1S/C16H15FN2O/c17-16-11-19-8-6-14(16)13(7-9-20)15(10-18)12-4-2-1-3-5-12/h1-6,8,11,13,15,20H,7,9H2/t13-,15+/m1/s1. The molecule has 0 aliphatic heterocycles. The van der Waals surface area contributed by atoms with Crippen molar-refractivity contribution in [3.8, 4) is 6.07 Å². The average molecular weight is 270 g/mol. The second kappa shape index (κ2) is 6.78. The zero-order valence-electron chi connectivity index (χ0n) is 10.9. The van der Waals surface area contributed by atoms with Gasteiger partial charge >= 0.3 is 0 Å². The highest BCUT2D eigenvalue weighted by molar-refractivity contribution is 5.32. The van der Waals surface area contributed by atoms with Crippen LogP contribution >= 0.6 is 0 Å². The maximum absolute atomic E-state index is 13.9. The molecule has 0 radical (unpaired) electrons. The molecule has 0 saturated heterocycles. The second-order valence-electron chi connectivity index (χ2n) is 4.53. The summed E-state index contributed by atoms with van der Waals surface area (Å²) in [7, 11) is 0. The Balaban J connectivity index is 2.42. The number of rotatable bonds is 5. The van der Waals surface area contributed by atoms with E-state index in [4.69, 9.17) is 0 Å². The molecule has 0 amide bonds. The van der Waals surface area contributed by atoms with Crippen LogP contribution in [0.4, 0.5) is 4.39 Å². The summed E-state index contributed by atoms with van der Waals surface area (Å²) in [5.74, 6) is -1.34. The molecule has 3 nitrogen and oxygen atoms in total. The van der Waals surface area contributed by atoms with Crippen molar-refractivity contribution in [3.63, 3.8) is 0 Å². The van der Waals surface area contributed by atoms with Crippen LogP contribution in [0.2, 0.25) is 0 Å². The molecule has 2 rings (SSSR count). The normalized spacial score (nSPS) is 13.4. The van der Waals surface area contributed by atoms with Crippen molar-refractivity contribution in [3.05, 3.63) is 65.7 Å². The van der Waals surface area contributed by atoms with Crippen molar-refractivity contribution in [1.29, 1.82) is 5.26 Å². The zero-order chi connectivity index (χ0) is 14.4. The number of nitriles is 1. The third-order valence-corrected chi connectivity index (χ3v) is 3.34. The first-order valence-corrected chi connectivity index (χ1v) is 6.42. The molecule has 0 unspecified atom stereocenters. The van der Waals surface area contributed by atoms with Gasteiger partial charge in [0.15, 0.2) is 0 Å². The summed E-state index contributed by atoms with van der Waals surface area (Å²) >= 11 is 0. The predicted octanol–water partition coefficient (Wildman–Crippen LogP) is 2.99. The lowest BCUT2D eigenvalue weighted by molar-refractivity contribution is 0.270. The van der Waals surface area contributed by atoms with Gasteiger partial charge in [0.25, 0.3) is 0 Å². The molecule has 0 fully saturated rings. The van der Waals surface area contributed by atoms with Crippen molar-refractivity contribution in [2.75, 3.05) is 6.61 Å². The van der Waals surface area contributed by atoms with Crippen LogP contribution in [-0.4, -0.2) is 16.7 Å². The molecule has 0 saturated carbocycles. The minimum absolute atomic E-state index is 0.0998. The van der Waals surface area contributed by atoms with Gasteiger partial charge in [-0.25, -0.2) is 4.39 Å². The van der Waals surface area contributed by atoms with E-state index in [0.717, 1.165) is 11.8 Å². The molecule has 1 aromatic heterocycles. The van der Waals surface area contributed by atoms with Gasteiger partial charge < -0.3 is 5.11 Å². The van der Waals surface area contributed by atoms with Gasteiger partial charge in [0.1, 0.15) is 5.82 Å². The Morgan fingerprint density at radius 2 is 2.00 bits per heavy atom. The highest BCUT2D eigenvalue weighted by atomic mass is 19.1. The van der Waals surface area contributed by atoms with Gasteiger partial charge in [0, 0.05) is 18.7 Å². The van der Waals surface area contributed by atoms with E-state index in [2.05, 4.69) is 11.1 Å². The van der Waals surface area contributed by atoms with Crippen LogP contribution in [0.1, 0.15) is 29.4 Å². The SMILES string of the molecule is N#C[C@@H](c1ccccc1)[C@H](CCO)c1ccncc1F. The van der Waals surface area contributed by atoms with Crippen LogP contribution in [0.15, 0.2) is 48.8 Å². The Kier molecular flexibility index (Phi) is 4.80. The van der Waals surface area contributed by atoms with Crippen molar-refractivity contribution in [2.45, 2.75) is 18.3 Å². The molecular formula is C16H15FN2O. The van der Waals surface area contributed by atoms with E-state index < -0.39 is 17.7 Å². The lowest BCUT2D eigenvalue weighted by Gasteiger charge is -2.22. The fourth-order valence-electron chi connectivity index (χ4n) is 2.38. The summed E-state index contributed by atoms with van der Waals surface area (Å²) in [5.41, 5.74) is 1.24. The number of hydrogen-bond acceptors (Lipinski definition) is 3. The maximum atomic E-state index is 13.9. The molecule has 0 bridgehead atoms. The van der Waals surface area contributed by atoms with Gasteiger partial charge in [0.2, 0.25) is 0 Å². The van der Waals surface area contributed by atoms with E-state index in [-0.39, 0.29) is 6.61 Å². The molecule has 1 N–H and O–H groups in total. The molecule has 20 heavy (non-hydrogen) atoms. The summed E-state index contributed by atoms with van der Waals surface area (Å²) in [5, 5.41) is 18.7. The molecule has 4 heteroatoms. The summed E-state index contributed by atoms with van der Waals surface area (Å²) in [4.78, 5) is 3.72. The molecule has 1 heterocycles. The Morgan fingerprint density at radius 3 is 2.60 bits per heavy atom. The summed E-state index contributed by atoms with van der Waals surface area (Å²) in [6.07, 6.45) is 2.97. The van der Waals surface area contributed by atoms with Gasteiger partial charge in [-0.1, -0.05) is 30.3 Å². The molecule has 2 aromatic rings. The van der Waals surface area contributed by atoms with Crippen LogP contribution in [0.3, 0.4) is 0 Å². The van der Waals surface area contributed by atoms with Crippen LogP contribution in [0.25, 0.3) is 0 Å². The summed E-state index contributed by atoms with van der Waals surface area (Å²) in [6, 6.07) is 13.1. The maximum Gasteiger partial charge on any atom is 0.145 e. The summed E-state index contributed by atoms with van der Waals surface area (Å²) < 4.78 is 13.9. The molecule has 102 valence electrons. The lowest BCUT2D eigenvalue weighted by Crippen LogP contribution is -2.13. The van der Waals surface area contributed by atoms with E-state index in [1.165, 1.54) is 6.20 Å². The number of pyridine rings is 1. The summed E-state index contributed by atoms with van der Waals surface area (Å²) in [6.45, 7) is -0.0998. The van der Waals surface area contributed by atoms with Gasteiger partial charge in [-0.05, 0) is 23.6 Å². The van der Waals surface area contributed by atoms with E-state index in [0.29, 0.717) is 12.0 Å². The van der Waals surface area contributed by atoms with Crippen LogP contribution in [0.5, 0.6) is 0 Å². The highest BCUT2D eigenvalue weighted by Gasteiger charge is 2.26. The van der Waals surface area contributed by atoms with E-state index in [9.17, 15) is 14.8 Å². The first-order chi connectivity index (χ1) is 9.77. The van der Waals surface area contributed by atoms with E-state index in [1.807, 2.05) is 30.3 Å². The predicted molar refractivity (Wildman–Crippen MR) is 73.4 cm³/mol. The Bertz CT molecular complexity index is 595. The van der Waals surface area contributed by atoms with Crippen molar-refractivity contribution < 1.29 is 9.50 Å². The molecule has 0 aliphatic carbocycles. The van der Waals surface area contributed by atoms with Crippen LogP contribution in [0, 0.1) is 17.1 Å². The third-order valence-electron chi connectivity index (χ3n) is 3.34. The largest absolute Gasteiger partial charge is 0.396 e. The zero-order valence-corrected chi connectivity index (χ0v) is 10.9. The number of halogens is 1. The van der Waals surface area contributed by atoms with Gasteiger partial charge in [0.05, 0.1) is 18.2 Å². The number of hydrogen-bond donors (Lipinski definition) is 1. The van der Waals surface area contributed by atoms with Gasteiger partial charge in [-0.15, -0.1) is 0 Å². The molecule has 0 spiro atoms. The van der Waals surface area contributed by atoms with Crippen molar-refractivity contribution in [1.82, 2.24) is 4.98 Å². The highest BCUT2D eigenvalue weighted by Crippen LogP contribution is 2.35. The third kappa shape index (κ3) is 3.01. The monoisotopic (exact) mass is 270 g/mol. The van der Waals surface area contributed by atoms with E-state index in [1.54, 1.807) is 6.07 Å². The molecule has 2 atom stereocenters. The number of aliphatic hydroxyl groups excluding tert-OH is 1. The quantitative estimate of drug-likeness (QED) is 0.908. The topological polar surface area (TPSA) is 56.9 Å². The van der Waals surface area contributed by atoms with Gasteiger partial charge in [-0.2, -0.15) is 5.26 Å². The second-order valence-corrected chi connectivity index (χ2v) is 4.53. The average Bonchev–Trinajstić information content (AvgIpc) is 2.49.